The van der Waals surface area contributed by atoms with Crippen molar-refractivity contribution in [3.8, 4) is 11.1 Å². The Bertz CT molecular complexity index is 1300. The van der Waals surface area contributed by atoms with Crippen molar-refractivity contribution in [3.63, 3.8) is 0 Å². The van der Waals surface area contributed by atoms with Crippen LogP contribution in [0.5, 0.6) is 0 Å². The highest BCUT2D eigenvalue weighted by atomic mass is 32.2. The van der Waals surface area contributed by atoms with Crippen LogP contribution in [0, 0.1) is 5.92 Å². The maximum Gasteiger partial charge on any atom is 0.328 e. The third-order valence-electron chi connectivity index (χ3n) is 7.11. The van der Waals surface area contributed by atoms with Gasteiger partial charge in [0, 0.05) is 40.6 Å². The molecule has 2 aliphatic rings. The third-order valence-corrected chi connectivity index (χ3v) is 8.16. The molecule has 1 fully saturated rings. The molecule has 5 nitrogen and oxygen atoms in total. The Morgan fingerprint density at radius 3 is 2.54 bits per heavy atom. The summed E-state index contributed by atoms with van der Waals surface area (Å²) in [5.74, 6) is 0.276. The van der Waals surface area contributed by atoms with Crippen molar-refractivity contribution in [2.45, 2.75) is 43.5 Å². The van der Waals surface area contributed by atoms with E-state index in [1.54, 1.807) is 6.08 Å². The molecule has 3 aromatic carbocycles. The molecule has 0 radical (unpaired) electrons. The van der Waals surface area contributed by atoms with E-state index in [1.807, 2.05) is 40.9 Å². The predicted octanol–water partition coefficient (Wildman–Crippen LogP) is 7.08. The molecule has 1 aliphatic heterocycles. The number of carbonyl (C=O) groups is 2. The Morgan fingerprint density at radius 1 is 0.973 bits per heavy atom. The van der Waals surface area contributed by atoms with Crippen LogP contribution in [0.3, 0.4) is 0 Å². The minimum Gasteiger partial charge on any atom is -0.478 e. The van der Waals surface area contributed by atoms with Crippen LogP contribution in [0.25, 0.3) is 17.2 Å². The molecule has 1 aliphatic carbocycles. The summed E-state index contributed by atoms with van der Waals surface area (Å²) in [5.41, 5.74) is 6.17. The summed E-state index contributed by atoms with van der Waals surface area (Å²) >= 11 is 1.89. The number of benzene rings is 3. The molecule has 1 amide bonds. The molecule has 190 valence electrons. The van der Waals surface area contributed by atoms with Gasteiger partial charge in [0.1, 0.15) is 0 Å². The second-order valence-electron chi connectivity index (χ2n) is 9.71. The van der Waals surface area contributed by atoms with Crippen molar-refractivity contribution < 1.29 is 14.7 Å². The smallest absolute Gasteiger partial charge is 0.328 e. The Labute approximate surface area is 222 Å². The van der Waals surface area contributed by atoms with E-state index in [-0.39, 0.29) is 11.8 Å². The molecule has 0 aromatic heterocycles. The highest BCUT2D eigenvalue weighted by Gasteiger charge is 2.27. The van der Waals surface area contributed by atoms with Gasteiger partial charge in [-0.05, 0) is 65.4 Å². The number of thioether (sulfide) groups is 1. The van der Waals surface area contributed by atoms with E-state index in [0.29, 0.717) is 6.54 Å². The van der Waals surface area contributed by atoms with E-state index in [0.717, 1.165) is 66.4 Å². The van der Waals surface area contributed by atoms with Gasteiger partial charge in [0.05, 0.1) is 6.54 Å². The van der Waals surface area contributed by atoms with Crippen molar-refractivity contribution in [2.75, 3.05) is 22.5 Å². The predicted molar refractivity (Wildman–Crippen MR) is 152 cm³/mol. The first-order valence-corrected chi connectivity index (χ1v) is 14.0. The van der Waals surface area contributed by atoms with Crippen LogP contribution in [-0.4, -0.2) is 29.3 Å². The molecule has 0 unspecified atom stereocenters. The Balaban J connectivity index is 1.40. The van der Waals surface area contributed by atoms with Crippen molar-refractivity contribution in [1.29, 1.82) is 0 Å². The maximum atomic E-state index is 13.7. The summed E-state index contributed by atoms with van der Waals surface area (Å²) in [4.78, 5) is 27.9. The zero-order chi connectivity index (χ0) is 25.6. The minimum absolute atomic E-state index is 0.0350. The van der Waals surface area contributed by atoms with Gasteiger partial charge in [0.2, 0.25) is 5.91 Å². The number of carboxylic acids is 1. The number of carboxylic acid groups (broad SMARTS) is 1. The second kappa shape index (κ2) is 11.7. The van der Waals surface area contributed by atoms with Crippen LogP contribution >= 0.6 is 11.8 Å². The van der Waals surface area contributed by atoms with E-state index in [1.165, 1.54) is 22.6 Å². The van der Waals surface area contributed by atoms with E-state index < -0.39 is 5.97 Å². The topological polar surface area (TPSA) is 69.6 Å². The number of carbonyl (C=O) groups excluding carboxylic acids is 1. The first-order valence-electron chi connectivity index (χ1n) is 13.0. The van der Waals surface area contributed by atoms with Crippen LogP contribution in [0.2, 0.25) is 0 Å². The summed E-state index contributed by atoms with van der Waals surface area (Å²) in [7, 11) is 0. The molecular weight excluding hydrogens is 480 g/mol. The molecule has 5 rings (SSSR count). The number of anilines is 2. The molecule has 37 heavy (non-hydrogen) atoms. The summed E-state index contributed by atoms with van der Waals surface area (Å²) in [6.45, 7) is 1.48. The lowest BCUT2D eigenvalue weighted by Crippen LogP contribution is -2.36. The number of amides is 1. The number of rotatable bonds is 7. The molecule has 0 atom stereocenters. The lowest BCUT2D eigenvalue weighted by Gasteiger charge is -2.30. The van der Waals surface area contributed by atoms with Gasteiger partial charge in [-0.2, -0.15) is 0 Å². The Morgan fingerprint density at radius 2 is 1.76 bits per heavy atom. The fraction of sp³-hybridized carbons (Fsp3) is 0.290. The second-order valence-corrected chi connectivity index (χ2v) is 10.8. The number of hydrogen-bond donors (Lipinski definition) is 2. The number of fused-ring (bicyclic) bond motifs is 1. The molecule has 1 heterocycles. The summed E-state index contributed by atoms with van der Waals surface area (Å²) in [6.07, 6.45) is 7.93. The lowest BCUT2D eigenvalue weighted by atomic mass is 9.88. The minimum atomic E-state index is -0.991. The molecule has 3 aromatic rings. The maximum absolute atomic E-state index is 13.7. The van der Waals surface area contributed by atoms with Gasteiger partial charge in [-0.1, -0.05) is 61.7 Å². The number of aliphatic carboxylic acids is 1. The van der Waals surface area contributed by atoms with Gasteiger partial charge in [-0.25, -0.2) is 4.79 Å². The van der Waals surface area contributed by atoms with Gasteiger partial charge in [0.15, 0.2) is 0 Å². The van der Waals surface area contributed by atoms with Gasteiger partial charge < -0.3 is 15.3 Å². The standard InChI is InChI=1S/C31H32N2O3S/c34-30(35)16-11-22-5-4-8-27(19-22)33(31(36)25-6-2-1-3-7-25)21-23-9-12-24(13-10-23)26-14-15-28-29(20-26)37-18-17-32-28/h4-5,8-16,19-20,25,32H,1-3,6-7,17-18,21H2,(H,34,35). The molecular formula is C31H32N2O3S. The van der Waals surface area contributed by atoms with E-state index in [4.69, 9.17) is 5.11 Å². The molecule has 1 saturated carbocycles. The Hall–Kier alpha value is -3.51. The zero-order valence-electron chi connectivity index (χ0n) is 20.9. The molecule has 6 heteroatoms. The van der Waals surface area contributed by atoms with E-state index in [9.17, 15) is 9.59 Å². The quantitative estimate of drug-likeness (QED) is 0.331. The van der Waals surface area contributed by atoms with Gasteiger partial charge in [-0.15, -0.1) is 11.8 Å². The van der Waals surface area contributed by atoms with E-state index >= 15 is 0 Å². The van der Waals surface area contributed by atoms with Crippen LogP contribution in [0.1, 0.15) is 43.2 Å². The van der Waals surface area contributed by atoms with Gasteiger partial charge in [-0.3, -0.25) is 4.79 Å². The first-order chi connectivity index (χ1) is 18.1. The molecule has 0 spiro atoms. The monoisotopic (exact) mass is 512 g/mol. The molecule has 0 saturated heterocycles. The normalized spacial score (nSPS) is 15.7. The number of nitrogens with one attached hydrogen (secondary N) is 1. The number of nitrogens with zero attached hydrogens (tertiary/aromatic N) is 1. The third kappa shape index (κ3) is 6.25. The fourth-order valence-electron chi connectivity index (χ4n) is 5.13. The van der Waals surface area contributed by atoms with Crippen LogP contribution < -0.4 is 10.2 Å². The summed E-state index contributed by atoms with van der Waals surface area (Å²) in [5, 5.41) is 12.5. The SMILES string of the molecule is O=C(O)C=Cc1cccc(N(Cc2ccc(-c3ccc4c(c3)SCCN4)cc2)C(=O)C2CCCCC2)c1. The zero-order valence-corrected chi connectivity index (χ0v) is 21.7. The molecule has 2 N–H and O–H groups in total. The van der Waals surface area contributed by atoms with Crippen LogP contribution in [0.4, 0.5) is 11.4 Å². The summed E-state index contributed by atoms with van der Waals surface area (Å²) < 4.78 is 0. The van der Waals surface area contributed by atoms with Crippen LogP contribution in [-0.2, 0) is 16.1 Å². The van der Waals surface area contributed by atoms with Gasteiger partial charge in [0.25, 0.3) is 0 Å². The average molecular weight is 513 g/mol. The van der Waals surface area contributed by atoms with Crippen LogP contribution in [0.15, 0.2) is 77.7 Å². The van der Waals surface area contributed by atoms with Crippen molar-refractivity contribution >= 4 is 41.1 Å². The van der Waals surface area contributed by atoms with Crippen molar-refractivity contribution in [2.24, 2.45) is 5.92 Å². The van der Waals surface area contributed by atoms with Crippen molar-refractivity contribution in [3.05, 3.63) is 83.9 Å². The van der Waals surface area contributed by atoms with Crippen molar-refractivity contribution in [1.82, 2.24) is 0 Å². The van der Waals surface area contributed by atoms with Gasteiger partial charge >= 0.3 is 5.97 Å². The highest BCUT2D eigenvalue weighted by Crippen LogP contribution is 2.35. The number of hydrogen-bond acceptors (Lipinski definition) is 4. The van der Waals surface area contributed by atoms with E-state index in [2.05, 4.69) is 47.8 Å². The fourth-order valence-corrected chi connectivity index (χ4v) is 6.06. The summed E-state index contributed by atoms with van der Waals surface area (Å²) in [6, 6.07) is 22.6. The molecule has 0 bridgehead atoms. The Kier molecular flexibility index (Phi) is 7.95. The highest BCUT2D eigenvalue weighted by molar-refractivity contribution is 7.99. The first kappa shape index (κ1) is 25.2. The largest absolute Gasteiger partial charge is 0.478 e. The average Bonchev–Trinajstić information content (AvgIpc) is 2.95. The lowest BCUT2D eigenvalue weighted by molar-refractivity contribution is -0.131.